The van der Waals surface area contributed by atoms with Crippen LogP contribution in [-0.2, 0) is 9.47 Å². The Bertz CT molecular complexity index is 520. The molecule has 0 aromatic rings. The molecule has 1 aliphatic carbocycles. The fourth-order valence-corrected chi connectivity index (χ4v) is 3.37. The van der Waals surface area contributed by atoms with Crippen molar-refractivity contribution in [3.8, 4) is 0 Å². The van der Waals surface area contributed by atoms with Gasteiger partial charge >= 0.3 is 0 Å². The molecule has 0 amide bonds. The fourth-order valence-electron chi connectivity index (χ4n) is 3.37. The molecule has 3 rings (SSSR count). The Morgan fingerprint density at radius 2 is 2.32 bits per heavy atom. The summed E-state index contributed by atoms with van der Waals surface area (Å²) in [6.07, 6.45) is 15.6. The first-order valence-corrected chi connectivity index (χ1v) is 8.07. The van der Waals surface area contributed by atoms with Gasteiger partial charge in [0.05, 0.1) is 6.04 Å². The molecule has 4 nitrogen and oxygen atoms in total. The number of ether oxygens (including phenoxy) is 2. The zero-order valence-electron chi connectivity index (χ0n) is 13.2. The van der Waals surface area contributed by atoms with Crippen molar-refractivity contribution >= 4 is 0 Å². The second-order valence-corrected chi connectivity index (χ2v) is 6.75. The molecule has 22 heavy (non-hydrogen) atoms. The number of aliphatic hydroxyl groups excluding tert-OH is 1. The van der Waals surface area contributed by atoms with Crippen LogP contribution in [0.3, 0.4) is 0 Å². The topological polar surface area (TPSA) is 41.9 Å². The average molecular weight is 303 g/mol. The highest BCUT2D eigenvalue weighted by molar-refractivity contribution is 5.21. The molecule has 2 atom stereocenters. The second kappa shape index (κ2) is 6.71. The van der Waals surface area contributed by atoms with Crippen molar-refractivity contribution in [2.75, 3.05) is 19.7 Å². The van der Waals surface area contributed by atoms with E-state index in [1.807, 2.05) is 0 Å². The number of nitrogens with zero attached hydrogens (tertiary/aromatic N) is 1. The summed E-state index contributed by atoms with van der Waals surface area (Å²) < 4.78 is 11.0. The van der Waals surface area contributed by atoms with Gasteiger partial charge in [0.25, 0.3) is 0 Å². The van der Waals surface area contributed by atoms with Gasteiger partial charge in [-0.05, 0) is 32.2 Å². The molecule has 120 valence electrons. The third kappa shape index (κ3) is 3.45. The van der Waals surface area contributed by atoms with E-state index < -0.39 is 0 Å². The molecule has 2 aliphatic heterocycles. The van der Waals surface area contributed by atoms with Crippen LogP contribution in [0.1, 0.15) is 32.6 Å². The smallest absolute Gasteiger partial charge is 0.156 e. The van der Waals surface area contributed by atoms with Gasteiger partial charge in [0.1, 0.15) is 18.8 Å². The lowest BCUT2D eigenvalue weighted by Gasteiger charge is -2.32. The van der Waals surface area contributed by atoms with Crippen LogP contribution in [0.2, 0.25) is 0 Å². The Morgan fingerprint density at radius 3 is 2.95 bits per heavy atom. The minimum atomic E-state index is -0.00891. The molecule has 3 aliphatic rings. The molecule has 0 aromatic heterocycles. The zero-order chi connectivity index (χ0) is 15.4. The molecule has 0 saturated carbocycles. The Morgan fingerprint density at radius 1 is 1.41 bits per heavy atom. The summed E-state index contributed by atoms with van der Waals surface area (Å²) in [6, 6.07) is 0.177. The Balaban J connectivity index is 1.76. The van der Waals surface area contributed by atoms with Crippen molar-refractivity contribution in [2.45, 2.75) is 38.6 Å². The van der Waals surface area contributed by atoms with Crippen LogP contribution >= 0.6 is 0 Å². The van der Waals surface area contributed by atoms with Gasteiger partial charge in [-0.2, -0.15) is 0 Å². The molecule has 1 N–H and O–H groups in total. The van der Waals surface area contributed by atoms with Gasteiger partial charge in [0, 0.05) is 18.6 Å². The highest BCUT2D eigenvalue weighted by Gasteiger charge is 2.38. The van der Waals surface area contributed by atoms with E-state index in [2.05, 4.69) is 30.1 Å². The van der Waals surface area contributed by atoms with E-state index in [0.29, 0.717) is 0 Å². The predicted molar refractivity (Wildman–Crippen MR) is 85.6 cm³/mol. The molecule has 0 bridgehead atoms. The lowest BCUT2D eigenvalue weighted by atomic mass is 9.91. The van der Waals surface area contributed by atoms with Crippen LogP contribution in [0.25, 0.3) is 0 Å². The lowest BCUT2D eigenvalue weighted by Crippen LogP contribution is -2.38. The fraction of sp³-hybridized carbons (Fsp3) is 0.556. The first-order chi connectivity index (χ1) is 10.7. The van der Waals surface area contributed by atoms with Crippen LogP contribution < -0.4 is 0 Å². The van der Waals surface area contributed by atoms with Gasteiger partial charge in [-0.15, -0.1) is 0 Å². The summed E-state index contributed by atoms with van der Waals surface area (Å²) in [5.41, 5.74) is 1.44. The first-order valence-electron chi connectivity index (χ1n) is 8.07. The number of allylic oxidation sites excluding steroid dienone is 3. The lowest BCUT2D eigenvalue weighted by molar-refractivity contribution is 0.120. The van der Waals surface area contributed by atoms with Gasteiger partial charge in [0.15, 0.2) is 5.76 Å². The van der Waals surface area contributed by atoms with Crippen molar-refractivity contribution < 1.29 is 14.6 Å². The molecule has 4 heteroatoms. The van der Waals surface area contributed by atoms with Gasteiger partial charge in [0.2, 0.25) is 0 Å². The minimum Gasteiger partial charge on any atom is -0.466 e. The van der Waals surface area contributed by atoms with E-state index in [-0.39, 0.29) is 18.1 Å². The monoisotopic (exact) mass is 303 g/mol. The molecule has 1 fully saturated rings. The van der Waals surface area contributed by atoms with Crippen LogP contribution in [0.4, 0.5) is 0 Å². The molecular formula is C18H25NO3. The SMILES string of the molecule is CC1(CO)CCN(C(CC2=CC=CCC2)C2=COC=CO2)C1. The number of aliphatic hydroxyl groups is 1. The number of rotatable bonds is 5. The van der Waals surface area contributed by atoms with Crippen molar-refractivity contribution in [1.82, 2.24) is 4.90 Å². The summed E-state index contributed by atoms with van der Waals surface area (Å²) in [5.74, 6) is 0.861. The highest BCUT2D eigenvalue weighted by Crippen LogP contribution is 2.35. The summed E-state index contributed by atoms with van der Waals surface area (Å²) in [5, 5.41) is 9.63. The summed E-state index contributed by atoms with van der Waals surface area (Å²) >= 11 is 0. The Hall–Kier alpha value is -1.52. The van der Waals surface area contributed by atoms with E-state index in [9.17, 15) is 5.11 Å². The van der Waals surface area contributed by atoms with Crippen LogP contribution in [0.15, 0.2) is 48.3 Å². The van der Waals surface area contributed by atoms with E-state index in [4.69, 9.17) is 9.47 Å². The van der Waals surface area contributed by atoms with Gasteiger partial charge in [-0.25, -0.2) is 0 Å². The largest absolute Gasteiger partial charge is 0.466 e. The van der Waals surface area contributed by atoms with Gasteiger partial charge < -0.3 is 14.6 Å². The molecule has 2 heterocycles. The molecule has 0 spiro atoms. The maximum atomic E-state index is 9.63. The normalized spacial score (nSPS) is 29.5. The molecule has 0 aromatic carbocycles. The summed E-state index contributed by atoms with van der Waals surface area (Å²) in [6.45, 7) is 4.26. The van der Waals surface area contributed by atoms with E-state index in [1.54, 1.807) is 18.8 Å². The minimum absolute atomic E-state index is 0.00891. The van der Waals surface area contributed by atoms with E-state index in [1.165, 1.54) is 5.57 Å². The van der Waals surface area contributed by atoms with E-state index in [0.717, 1.165) is 44.5 Å². The Kier molecular flexibility index (Phi) is 4.69. The van der Waals surface area contributed by atoms with Crippen LogP contribution in [-0.4, -0.2) is 35.7 Å². The number of likely N-dealkylation sites (tertiary alicyclic amines) is 1. The van der Waals surface area contributed by atoms with Crippen LogP contribution in [0.5, 0.6) is 0 Å². The average Bonchev–Trinajstić information content (AvgIpc) is 2.97. The third-order valence-corrected chi connectivity index (χ3v) is 4.82. The number of hydrogen-bond donors (Lipinski definition) is 1. The van der Waals surface area contributed by atoms with Crippen LogP contribution in [0, 0.1) is 5.41 Å². The summed E-state index contributed by atoms with van der Waals surface area (Å²) in [4.78, 5) is 2.42. The first kappa shape index (κ1) is 15.4. The van der Waals surface area contributed by atoms with Crippen molar-refractivity contribution in [1.29, 1.82) is 0 Å². The summed E-state index contributed by atoms with van der Waals surface area (Å²) in [7, 11) is 0. The van der Waals surface area contributed by atoms with E-state index >= 15 is 0 Å². The second-order valence-electron chi connectivity index (χ2n) is 6.75. The maximum absolute atomic E-state index is 9.63. The Labute approximate surface area is 132 Å². The van der Waals surface area contributed by atoms with Gasteiger partial charge in [-0.1, -0.05) is 30.7 Å². The third-order valence-electron chi connectivity index (χ3n) is 4.82. The standard InChI is InChI=1S/C18H25NO3/c1-18(14-20)7-8-19(13-18)16(17-12-21-9-10-22-17)11-15-5-3-2-4-6-15/h2-3,5,9-10,12,16,20H,4,6-8,11,13-14H2,1H3. The maximum Gasteiger partial charge on any atom is 0.156 e. The van der Waals surface area contributed by atoms with Crippen molar-refractivity contribution in [2.24, 2.45) is 5.41 Å². The van der Waals surface area contributed by atoms with Crippen molar-refractivity contribution in [3.05, 3.63) is 48.3 Å². The molecular weight excluding hydrogens is 278 g/mol. The quantitative estimate of drug-likeness (QED) is 0.847. The predicted octanol–water partition coefficient (Wildman–Crippen LogP) is 3.09. The van der Waals surface area contributed by atoms with Gasteiger partial charge in [-0.3, -0.25) is 4.90 Å². The molecule has 0 radical (unpaired) electrons. The molecule has 2 unspecified atom stereocenters. The van der Waals surface area contributed by atoms with Crippen molar-refractivity contribution in [3.63, 3.8) is 0 Å². The highest BCUT2D eigenvalue weighted by atomic mass is 16.5. The molecule has 1 saturated heterocycles. The number of hydrogen-bond acceptors (Lipinski definition) is 4. The zero-order valence-corrected chi connectivity index (χ0v) is 13.2.